The zero-order valence-corrected chi connectivity index (χ0v) is 22.9. The summed E-state index contributed by atoms with van der Waals surface area (Å²) in [5, 5.41) is 11.1. The maximum atomic E-state index is 13.6. The van der Waals surface area contributed by atoms with Gasteiger partial charge in [0.2, 0.25) is 0 Å². The van der Waals surface area contributed by atoms with E-state index in [1.807, 2.05) is 6.92 Å². The van der Waals surface area contributed by atoms with Gasteiger partial charge in [-0.1, -0.05) is 39.0 Å². The number of carbonyl (C=O) groups excluding carboxylic acids is 2. The Balaban J connectivity index is 1.69. The van der Waals surface area contributed by atoms with Gasteiger partial charge in [-0.25, -0.2) is 0 Å². The Hall–Kier alpha value is -2.52. The van der Waals surface area contributed by atoms with Crippen molar-refractivity contribution in [1.82, 2.24) is 0 Å². The zero-order chi connectivity index (χ0) is 26.2. The lowest BCUT2D eigenvalue weighted by molar-refractivity contribution is -0.158. The molecule has 2 aliphatic rings. The third-order valence-electron chi connectivity index (χ3n) is 7.92. The lowest BCUT2D eigenvalue weighted by atomic mass is 9.81. The Morgan fingerprint density at radius 2 is 1.58 bits per heavy atom. The standard InChI is InChI=1S/C28H36O7Si/c1-7-36(8-2,9-3)35-27-16(4)34-22(15-20(27)29)17-13-14-19-24(28(17)33-6)26(31)18-11-10-12-21(32-5)23(18)25(19)30/h10-14,16,20,22,27,29H,7-9,15H2,1-6H3/t16-,20-,22-,27-/m1/s1. The van der Waals surface area contributed by atoms with Crippen LogP contribution in [0.5, 0.6) is 11.5 Å². The van der Waals surface area contributed by atoms with Crippen molar-refractivity contribution in [2.24, 2.45) is 0 Å². The summed E-state index contributed by atoms with van der Waals surface area (Å²) in [4.78, 5) is 27.0. The van der Waals surface area contributed by atoms with Gasteiger partial charge in [-0.2, -0.15) is 0 Å². The molecule has 0 bridgehead atoms. The topological polar surface area (TPSA) is 91.3 Å². The number of rotatable bonds is 8. The first kappa shape index (κ1) is 26.5. The van der Waals surface area contributed by atoms with Gasteiger partial charge < -0.3 is 23.7 Å². The van der Waals surface area contributed by atoms with Gasteiger partial charge in [0, 0.05) is 23.1 Å². The molecule has 0 aromatic heterocycles. The Morgan fingerprint density at radius 3 is 2.17 bits per heavy atom. The molecule has 36 heavy (non-hydrogen) atoms. The predicted octanol–water partition coefficient (Wildman–Crippen LogP) is 5.08. The Bertz CT molecular complexity index is 1140. The molecular formula is C28H36O7Si. The second kappa shape index (κ2) is 10.5. The third-order valence-corrected chi connectivity index (χ3v) is 12.6. The van der Waals surface area contributed by atoms with E-state index in [0.717, 1.165) is 18.1 Å². The average molecular weight is 513 g/mol. The summed E-state index contributed by atoms with van der Waals surface area (Å²) in [7, 11) is 1.02. The number of fused-ring (bicyclic) bond motifs is 2. The van der Waals surface area contributed by atoms with Crippen LogP contribution in [0.15, 0.2) is 30.3 Å². The van der Waals surface area contributed by atoms with Crippen LogP contribution in [-0.4, -0.2) is 57.5 Å². The molecule has 0 spiro atoms. The molecule has 1 fully saturated rings. The monoisotopic (exact) mass is 512 g/mol. The molecular weight excluding hydrogens is 476 g/mol. The number of hydrogen-bond donors (Lipinski definition) is 1. The zero-order valence-electron chi connectivity index (χ0n) is 21.9. The fraction of sp³-hybridized carbons (Fsp3) is 0.500. The van der Waals surface area contributed by atoms with Crippen molar-refractivity contribution in [3.63, 3.8) is 0 Å². The van der Waals surface area contributed by atoms with E-state index in [1.165, 1.54) is 14.2 Å². The van der Waals surface area contributed by atoms with Gasteiger partial charge in [-0.15, -0.1) is 0 Å². The van der Waals surface area contributed by atoms with Gasteiger partial charge in [0.05, 0.1) is 49.8 Å². The Kier molecular flexibility index (Phi) is 7.71. The summed E-state index contributed by atoms with van der Waals surface area (Å²) in [6.07, 6.45) is -1.68. The molecule has 1 saturated heterocycles. The SMILES string of the molecule is CC[Si](CC)(CC)O[C@H]1[C@H](O)C[C@H](c2ccc3c(c2OC)C(=O)c2cccc(OC)c2C3=O)O[C@@H]1C. The molecule has 0 unspecified atom stereocenters. The minimum absolute atomic E-state index is 0.222. The van der Waals surface area contributed by atoms with E-state index in [2.05, 4.69) is 20.8 Å². The maximum absolute atomic E-state index is 13.6. The molecule has 2 aromatic carbocycles. The number of benzene rings is 2. The van der Waals surface area contributed by atoms with Crippen LogP contribution >= 0.6 is 0 Å². The Morgan fingerprint density at radius 1 is 0.944 bits per heavy atom. The van der Waals surface area contributed by atoms with Crippen LogP contribution in [0.2, 0.25) is 18.1 Å². The van der Waals surface area contributed by atoms with Gasteiger partial charge in [0.1, 0.15) is 11.5 Å². The van der Waals surface area contributed by atoms with E-state index in [-0.39, 0.29) is 39.9 Å². The predicted molar refractivity (Wildman–Crippen MR) is 139 cm³/mol. The first-order valence-corrected chi connectivity index (χ1v) is 15.3. The summed E-state index contributed by atoms with van der Waals surface area (Å²) in [5.74, 6) is 0.0901. The number of carbonyl (C=O) groups is 2. The van der Waals surface area contributed by atoms with Crippen LogP contribution in [0.1, 0.15) is 77.6 Å². The second-order valence-corrected chi connectivity index (χ2v) is 14.3. The molecule has 2 aromatic rings. The molecule has 1 aliphatic carbocycles. The van der Waals surface area contributed by atoms with Crippen LogP contribution in [-0.2, 0) is 9.16 Å². The van der Waals surface area contributed by atoms with E-state index < -0.39 is 26.6 Å². The summed E-state index contributed by atoms with van der Waals surface area (Å²) in [6.45, 7) is 8.40. The minimum Gasteiger partial charge on any atom is -0.496 e. The van der Waals surface area contributed by atoms with Crippen LogP contribution in [0, 0.1) is 0 Å². The van der Waals surface area contributed by atoms with Gasteiger partial charge in [-0.05, 0) is 37.2 Å². The van der Waals surface area contributed by atoms with E-state index in [1.54, 1.807) is 30.3 Å². The summed E-state index contributed by atoms with van der Waals surface area (Å²) >= 11 is 0. The third kappa shape index (κ3) is 4.30. The number of ether oxygens (including phenoxy) is 3. The first-order valence-electron chi connectivity index (χ1n) is 12.7. The highest BCUT2D eigenvalue weighted by atomic mass is 28.4. The molecule has 1 heterocycles. The molecule has 8 heteroatoms. The number of methoxy groups -OCH3 is 2. The molecule has 0 amide bonds. The summed E-state index contributed by atoms with van der Waals surface area (Å²) < 4.78 is 24.1. The molecule has 4 rings (SSSR count). The van der Waals surface area contributed by atoms with E-state index in [4.69, 9.17) is 18.6 Å². The molecule has 4 atom stereocenters. The smallest absolute Gasteiger partial charge is 0.198 e. The van der Waals surface area contributed by atoms with Gasteiger partial charge in [-0.3, -0.25) is 9.59 Å². The molecule has 1 N–H and O–H groups in total. The highest BCUT2D eigenvalue weighted by Gasteiger charge is 2.44. The molecule has 0 radical (unpaired) electrons. The molecule has 194 valence electrons. The van der Waals surface area contributed by atoms with Crippen molar-refractivity contribution in [3.8, 4) is 11.5 Å². The van der Waals surface area contributed by atoms with Gasteiger partial charge in [0.25, 0.3) is 0 Å². The quantitative estimate of drug-likeness (QED) is 0.421. The van der Waals surface area contributed by atoms with Crippen LogP contribution in [0.4, 0.5) is 0 Å². The number of ketones is 2. The van der Waals surface area contributed by atoms with E-state index >= 15 is 0 Å². The first-order chi connectivity index (χ1) is 17.2. The van der Waals surface area contributed by atoms with E-state index in [0.29, 0.717) is 23.5 Å². The second-order valence-electron chi connectivity index (χ2n) is 9.61. The number of aliphatic hydroxyl groups is 1. The largest absolute Gasteiger partial charge is 0.496 e. The highest BCUT2D eigenvalue weighted by Crippen LogP contribution is 2.44. The van der Waals surface area contributed by atoms with Crippen molar-refractivity contribution < 1.29 is 33.3 Å². The van der Waals surface area contributed by atoms with Crippen molar-refractivity contribution in [3.05, 3.63) is 58.1 Å². The fourth-order valence-corrected chi connectivity index (χ4v) is 8.53. The number of hydrogen-bond acceptors (Lipinski definition) is 7. The summed E-state index contributed by atoms with van der Waals surface area (Å²) in [5.41, 5.74) is 1.68. The average Bonchev–Trinajstić information content (AvgIpc) is 2.90. The number of aliphatic hydroxyl groups excluding tert-OH is 1. The van der Waals surface area contributed by atoms with Crippen LogP contribution in [0.3, 0.4) is 0 Å². The Labute approximate surface area is 213 Å². The maximum Gasteiger partial charge on any atom is 0.198 e. The van der Waals surface area contributed by atoms with Crippen molar-refractivity contribution >= 4 is 19.9 Å². The van der Waals surface area contributed by atoms with Gasteiger partial charge in [0.15, 0.2) is 19.9 Å². The fourth-order valence-electron chi connectivity index (χ4n) is 5.60. The van der Waals surface area contributed by atoms with Gasteiger partial charge >= 0.3 is 0 Å². The lowest BCUT2D eigenvalue weighted by Crippen LogP contribution is -2.52. The molecule has 0 saturated carbocycles. The molecule has 7 nitrogen and oxygen atoms in total. The van der Waals surface area contributed by atoms with Crippen LogP contribution < -0.4 is 9.47 Å². The van der Waals surface area contributed by atoms with Crippen molar-refractivity contribution in [1.29, 1.82) is 0 Å². The normalized spacial score (nSPS) is 23.8. The molecule has 1 aliphatic heterocycles. The minimum atomic E-state index is -1.94. The lowest BCUT2D eigenvalue weighted by Gasteiger charge is -2.43. The summed E-state index contributed by atoms with van der Waals surface area (Å²) in [6, 6.07) is 11.4. The highest BCUT2D eigenvalue weighted by molar-refractivity contribution is 6.73. The van der Waals surface area contributed by atoms with Crippen molar-refractivity contribution in [2.45, 2.75) is 76.7 Å². The van der Waals surface area contributed by atoms with E-state index in [9.17, 15) is 14.7 Å². The van der Waals surface area contributed by atoms with Crippen molar-refractivity contribution in [2.75, 3.05) is 14.2 Å². The van der Waals surface area contributed by atoms with Crippen LogP contribution in [0.25, 0.3) is 0 Å².